The summed E-state index contributed by atoms with van der Waals surface area (Å²) in [6, 6.07) is 3.54. The lowest BCUT2D eigenvalue weighted by Gasteiger charge is -2.26. The molecule has 0 aromatic heterocycles. The van der Waals surface area contributed by atoms with E-state index in [-0.39, 0.29) is 11.8 Å². The molecule has 0 spiro atoms. The third-order valence-corrected chi connectivity index (χ3v) is 4.97. The van der Waals surface area contributed by atoms with E-state index in [1.165, 1.54) is 17.1 Å². The molecule has 0 unspecified atom stereocenters. The molecule has 2 aliphatic heterocycles. The van der Waals surface area contributed by atoms with E-state index in [2.05, 4.69) is 4.90 Å². The molecule has 3 rings (SSSR count). The maximum Gasteiger partial charge on any atom is 0.253 e. The Kier molecular flexibility index (Phi) is 7.87. The molecule has 1 fully saturated rings. The first-order chi connectivity index (χ1) is 14.6. The summed E-state index contributed by atoms with van der Waals surface area (Å²) in [5, 5.41) is 0. The van der Waals surface area contributed by atoms with Crippen LogP contribution in [0.3, 0.4) is 0 Å². The minimum Gasteiger partial charge on any atom is -0.493 e. The Morgan fingerprint density at radius 1 is 1.13 bits per heavy atom. The van der Waals surface area contributed by atoms with Gasteiger partial charge in [0.25, 0.3) is 11.8 Å². The van der Waals surface area contributed by atoms with Crippen molar-refractivity contribution in [3.63, 3.8) is 0 Å². The van der Waals surface area contributed by atoms with Gasteiger partial charge in [-0.25, -0.2) is 0 Å². The molecule has 0 atom stereocenters. The van der Waals surface area contributed by atoms with Crippen LogP contribution < -0.4 is 14.2 Å². The summed E-state index contributed by atoms with van der Waals surface area (Å²) < 4.78 is 22.3. The van der Waals surface area contributed by atoms with Crippen molar-refractivity contribution in [2.24, 2.45) is 0 Å². The first-order valence-electron chi connectivity index (χ1n) is 10.0. The van der Waals surface area contributed by atoms with Gasteiger partial charge in [-0.15, -0.1) is 0 Å². The number of benzene rings is 1. The fraction of sp³-hybridized carbons (Fsp3) is 0.455. The van der Waals surface area contributed by atoms with Crippen molar-refractivity contribution < 1.29 is 28.5 Å². The Morgan fingerprint density at radius 3 is 2.47 bits per heavy atom. The fourth-order valence-electron chi connectivity index (χ4n) is 3.30. The number of amides is 2. The number of imide groups is 1. The Balaban J connectivity index is 1.68. The maximum absolute atomic E-state index is 12.3. The highest BCUT2D eigenvalue weighted by molar-refractivity contribution is 6.06. The smallest absolute Gasteiger partial charge is 0.253 e. The molecule has 0 aliphatic carbocycles. The standard InChI is InChI=1S/C22H28N2O6/c1-27-18-15-17(6-7-21(26)24-8-4-3-5-20(24)25)16-19(28-2)22(18)30-14-11-23-9-12-29-13-10-23/h3,5-7,15-16H,4,8-14H2,1-2H3. The third-order valence-electron chi connectivity index (χ3n) is 4.97. The van der Waals surface area contributed by atoms with Gasteiger partial charge < -0.3 is 18.9 Å². The predicted molar refractivity (Wildman–Crippen MR) is 112 cm³/mol. The van der Waals surface area contributed by atoms with Crippen LogP contribution in [-0.2, 0) is 14.3 Å². The van der Waals surface area contributed by atoms with E-state index in [9.17, 15) is 9.59 Å². The van der Waals surface area contributed by atoms with Crippen LogP contribution >= 0.6 is 0 Å². The summed E-state index contributed by atoms with van der Waals surface area (Å²) in [5.41, 5.74) is 0.706. The summed E-state index contributed by atoms with van der Waals surface area (Å²) in [4.78, 5) is 27.7. The van der Waals surface area contributed by atoms with Crippen molar-refractivity contribution >= 4 is 17.9 Å². The lowest BCUT2D eigenvalue weighted by atomic mass is 10.1. The van der Waals surface area contributed by atoms with Crippen LogP contribution in [0, 0.1) is 0 Å². The highest BCUT2D eigenvalue weighted by atomic mass is 16.5. The normalized spacial score (nSPS) is 17.4. The fourth-order valence-corrected chi connectivity index (χ4v) is 3.30. The van der Waals surface area contributed by atoms with Gasteiger partial charge in [-0.1, -0.05) is 6.08 Å². The first kappa shape index (κ1) is 21.9. The van der Waals surface area contributed by atoms with E-state index in [4.69, 9.17) is 18.9 Å². The van der Waals surface area contributed by atoms with Crippen molar-refractivity contribution in [2.45, 2.75) is 6.42 Å². The number of nitrogens with zero attached hydrogens (tertiary/aromatic N) is 2. The largest absolute Gasteiger partial charge is 0.493 e. The number of hydrogen-bond acceptors (Lipinski definition) is 7. The zero-order valence-corrected chi connectivity index (χ0v) is 17.5. The lowest BCUT2D eigenvalue weighted by Crippen LogP contribution is -2.38. The topological polar surface area (TPSA) is 77.5 Å². The van der Waals surface area contributed by atoms with Crippen LogP contribution in [0.1, 0.15) is 12.0 Å². The van der Waals surface area contributed by atoms with Crippen molar-refractivity contribution in [3.8, 4) is 17.2 Å². The number of carbonyl (C=O) groups excluding carboxylic acids is 2. The molecule has 8 nitrogen and oxygen atoms in total. The zero-order valence-electron chi connectivity index (χ0n) is 17.5. The molecular weight excluding hydrogens is 388 g/mol. The zero-order chi connectivity index (χ0) is 21.3. The molecule has 2 aliphatic rings. The number of morpholine rings is 1. The van der Waals surface area contributed by atoms with E-state index >= 15 is 0 Å². The molecule has 0 radical (unpaired) electrons. The lowest BCUT2D eigenvalue weighted by molar-refractivity contribution is -0.139. The van der Waals surface area contributed by atoms with Gasteiger partial charge in [-0.2, -0.15) is 0 Å². The minimum atomic E-state index is -0.354. The molecule has 2 heterocycles. The summed E-state index contributed by atoms with van der Waals surface area (Å²) in [6.07, 6.45) is 6.87. The van der Waals surface area contributed by atoms with Gasteiger partial charge >= 0.3 is 0 Å². The third kappa shape index (κ3) is 5.61. The summed E-state index contributed by atoms with van der Waals surface area (Å²) in [5.74, 6) is 0.900. The second-order valence-electron chi connectivity index (χ2n) is 6.91. The van der Waals surface area contributed by atoms with Gasteiger partial charge in [-0.3, -0.25) is 19.4 Å². The van der Waals surface area contributed by atoms with Crippen LogP contribution in [0.15, 0.2) is 30.4 Å². The number of carbonyl (C=O) groups is 2. The number of hydrogen-bond donors (Lipinski definition) is 0. The SMILES string of the molecule is COc1cc(C=CC(=O)N2CCC=CC2=O)cc(OC)c1OCCN1CCOCC1. The van der Waals surface area contributed by atoms with Crippen LogP contribution in [0.4, 0.5) is 0 Å². The quantitative estimate of drug-likeness (QED) is 0.598. The van der Waals surface area contributed by atoms with E-state index in [1.54, 1.807) is 38.5 Å². The molecule has 0 bridgehead atoms. The Morgan fingerprint density at radius 2 is 1.83 bits per heavy atom. The molecule has 0 saturated carbocycles. The Hall–Kier alpha value is -2.84. The van der Waals surface area contributed by atoms with Crippen LogP contribution in [0.5, 0.6) is 17.2 Å². The van der Waals surface area contributed by atoms with Crippen molar-refractivity contribution in [1.82, 2.24) is 9.80 Å². The average Bonchev–Trinajstić information content (AvgIpc) is 2.78. The molecule has 1 aromatic carbocycles. The van der Waals surface area contributed by atoms with Crippen LogP contribution in [0.25, 0.3) is 6.08 Å². The predicted octanol–water partition coefficient (Wildman–Crippen LogP) is 1.74. The van der Waals surface area contributed by atoms with Gasteiger partial charge in [0, 0.05) is 32.3 Å². The molecule has 2 amide bonds. The van der Waals surface area contributed by atoms with Gasteiger partial charge in [0.1, 0.15) is 6.61 Å². The molecule has 0 N–H and O–H groups in total. The summed E-state index contributed by atoms with van der Waals surface area (Å²) in [7, 11) is 3.11. The number of methoxy groups -OCH3 is 2. The number of rotatable bonds is 8. The number of ether oxygens (including phenoxy) is 4. The second kappa shape index (κ2) is 10.8. The molecule has 30 heavy (non-hydrogen) atoms. The van der Waals surface area contributed by atoms with Gasteiger partial charge in [0.2, 0.25) is 5.75 Å². The molecule has 162 valence electrons. The van der Waals surface area contributed by atoms with Crippen LogP contribution in [0.2, 0.25) is 0 Å². The van der Waals surface area contributed by atoms with Crippen molar-refractivity contribution in [2.75, 3.05) is 60.2 Å². The van der Waals surface area contributed by atoms with Gasteiger partial charge in [-0.05, 0) is 36.3 Å². The van der Waals surface area contributed by atoms with E-state index in [0.717, 1.165) is 32.8 Å². The summed E-state index contributed by atoms with van der Waals surface area (Å²) >= 11 is 0. The minimum absolute atomic E-state index is 0.296. The molecular formula is C22H28N2O6. The highest BCUT2D eigenvalue weighted by Gasteiger charge is 2.19. The Bertz CT molecular complexity index is 789. The van der Waals surface area contributed by atoms with E-state index in [1.807, 2.05) is 0 Å². The van der Waals surface area contributed by atoms with Crippen molar-refractivity contribution in [3.05, 3.63) is 35.9 Å². The second-order valence-corrected chi connectivity index (χ2v) is 6.91. The average molecular weight is 416 g/mol. The maximum atomic E-state index is 12.3. The van der Waals surface area contributed by atoms with E-state index in [0.29, 0.717) is 42.4 Å². The van der Waals surface area contributed by atoms with Gasteiger partial charge in [0.05, 0.1) is 27.4 Å². The molecule has 1 aromatic rings. The monoisotopic (exact) mass is 416 g/mol. The van der Waals surface area contributed by atoms with E-state index < -0.39 is 0 Å². The summed E-state index contributed by atoms with van der Waals surface area (Å²) in [6.45, 7) is 4.93. The molecule has 1 saturated heterocycles. The van der Waals surface area contributed by atoms with Crippen LogP contribution in [-0.4, -0.2) is 81.8 Å². The van der Waals surface area contributed by atoms with Gasteiger partial charge in [0.15, 0.2) is 11.5 Å². The Labute approximate surface area is 176 Å². The molecule has 8 heteroatoms. The first-order valence-corrected chi connectivity index (χ1v) is 10.0. The highest BCUT2D eigenvalue weighted by Crippen LogP contribution is 2.39. The van der Waals surface area contributed by atoms with Crippen molar-refractivity contribution in [1.29, 1.82) is 0 Å².